The van der Waals surface area contributed by atoms with Crippen molar-refractivity contribution >= 4 is 0 Å². The van der Waals surface area contributed by atoms with E-state index in [0.29, 0.717) is 0 Å². The van der Waals surface area contributed by atoms with Gasteiger partial charge in [0.2, 0.25) is 0 Å². The van der Waals surface area contributed by atoms with Gasteiger partial charge < -0.3 is 14.6 Å². The van der Waals surface area contributed by atoms with Crippen LogP contribution in [0.1, 0.15) is 26.7 Å². The third-order valence-electron chi connectivity index (χ3n) is 2.07. The van der Waals surface area contributed by atoms with Crippen molar-refractivity contribution in [3.05, 3.63) is 0 Å². The van der Waals surface area contributed by atoms with Gasteiger partial charge in [0.1, 0.15) is 0 Å². The van der Waals surface area contributed by atoms with Gasteiger partial charge in [-0.1, -0.05) is 13.8 Å². The van der Waals surface area contributed by atoms with Crippen molar-refractivity contribution < 1.29 is 14.6 Å². The molecule has 1 fully saturated rings. The summed E-state index contributed by atoms with van der Waals surface area (Å²) in [6.07, 6.45) is 1.39. The molecule has 0 bridgehead atoms. The summed E-state index contributed by atoms with van der Waals surface area (Å²) >= 11 is 0. The highest BCUT2D eigenvalue weighted by atomic mass is 16.6. The first-order valence-corrected chi connectivity index (χ1v) is 4.61. The van der Waals surface area contributed by atoms with E-state index in [2.05, 4.69) is 0 Å². The van der Waals surface area contributed by atoms with E-state index in [1.807, 2.05) is 13.8 Å². The molecule has 12 heavy (non-hydrogen) atoms. The molecular weight excluding hydrogens is 156 g/mol. The van der Waals surface area contributed by atoms with Crippen molar-refractivity contribution in [2.75, 3.05) is 13.2 Å². The van der Waals surface area contributed by atoms with Gasteiger partial charge in [-0.25, -0.2) is 0 Å². The highest BCUT2D eigenvalue weighted by Crippen LogP contribution is 2.14. The van der Waals surface area contributed by atoms with E-state index in [4.69, 9.17) is 9.47 Å². The number of hydrogen-bond acceptors (Lipinski definition) is 3. The maximum absolute atomic E-state index is 9.42. The van der Waals surface area contributed by atoms with E-state index >= 15 is 0 Å². The van der Waals surface area contributed by atoms with Crippen LogP contribution in [-0.2, 0) is 9.47 Å². The molecule has 1 unspecified atom stereocenters. The quantitative estimate of drug-likeness (QED) is 0.652. The van der Waals surface area contributed by atoms with Crippen LogP contribution >= 0.6 is 0 Å². The second kappa shape index (κ2) is 4.80. The Hall–Kier alpha value is -0.120. The molecule has 1 saturated heterocycles. The largest absolute Gasteiger partial charge is 0.381 e. The molecule has 1 heterocycles. The van der Waals surface area contributed by atoms with Gasteiger partial charge in [0.15, 0.2) is 6.29 Å². The van der Waals surface area contributed by atoms with E-state index in [1.54, 1.807) is 0 Å². The van der Waals surface area contributed by atoms with Gasteiger partial charge in [-0.05, 0) is 12.8 Å². The molecule has 0 aromatic heterocycles. The fraction of sp³-hybridized carbons (Fsp3) is 1.00. The molecule has 0 aliphatic carbocycles. The zero-order valence-electron chi connectivity index (χ0n) is 7.82. The second-order valence-electron chi connectivity index (χ2n) is 3.58. The minimum atomic E-state index is -0.618. The molecule has 1 atom stereocenters. The van der Waals surface area contributed by atoms with Crippen LogP contribution in [0.25, 0.3) is 0 Å². The van der Waals surface area contributed by atoms with Crippen LogP contribution in [0.4, 0.5) is 0 Å². The zero-order valence-corrected chi connectivity index (χ0v) is 7.82. The van der Waals surface area contributed by atoms with Gasteiger partial charge in [-0.2, -0.15) is 0 Å². The second-order valence-corrected chi connectivity index (χ2v) is 3.58. The topological polar surface area (TPSA) is 38.7 Å². The minimum Gasteiger partial charge on any atom is -0.381 e. The lowest BCUT2D eigenvalue weighted by Gasteiger charge is -2.26. The Morgan fingerprint density at radius 3 is 2.42 bits per heavy atom. The standard InChI is InChI=1S/C9H18O3/c1-7(2)9(10)12-8-3-5-11-6-4-8/h7-10H,3-6H2,1-2H3. The molecule has 72 valence electrons. The molecule has 0 aromatic rings. The van der Waals surface area contributed by atoms with Gasteiger partial charge in [-0.3, -0.25) is 0 Å². The average Bonchev–Trinajstić information content (AvgIpc) is 2.06. The van der Waals surface area contributed by atoms with Crippen LogP contribution in [-0.4, -0.2) is 30.7 Å². The first-order chi connectivity index (χ1) is 5.70. The third kappa shape index (κ3) is 3.09. The van der Waals surface area contributed by atoms with Crippen molar-refractivity contribution in [3.8, 4) is 0 Å². The first kappa shape index (κ1) is 9.96. The van der Waals surface area contributed by atoms with Gasteiger partial charge in [0.25, 0.3) is 0 Å². The van der Waals surface area contributed by atoms with Crippen molar-refractivity contribution in [3.63, 3.8) is 0 Å². The van der Waals surface area contributed by atoms with Gasteiger partial charge >= 0.3 is 0 Å². The number of rotatable bonds is 3. The van der Waals surface area contributed by atoms with Crippen LogP contribution in [0.3, 0.4) is 0 Å². The predicted octanol–water partition coefficient (Wildman–Crippen LogP) is 1.16. The lowest BCUT2D eigenvalue weighted by molar-refractivity contribution is -0.176. The summed E-state index contributed by atoms with van der Waals surface area (Å²) in [4.78, 5) is 0. The monoisotopic (exact) mass is 174 g/mol. The van der Waals surface area contributed by atoms with E-state index in [9.17, 15) is 5.11 Å². The van der Waals surface area contributed by atoms with Gasteiger partial charge in [-0.15, -0.1) is 0 Å². The number of aliphatic hydroxyl groups excluding tert-OH is 1. The Morgan fingerprint density at radius 1 is 1.33 bits per heavy atom. The highest BCUT2D eigenvalue weighted by molar-refractivity contribution is 4.63. The summed E-state index contributed by atoms with van der Waals surface area (Å²) in [6.45, 7) is 5.42. The lowest BCUT2D eigenvalue weighted by atomic mass is 10.1. The number of ether oxygens (including phenoxy) is 2. The molecule has 1 N–H and O–H groups in total. The number of hydrogen-bond donors (Lipinski definition) is 1. The molecule has 1 rings (SSSR count). The Morgan fingerprint density at radius 2 is 1.92 bits per heavy atom. The molecular formula is C9H18O3. The van der Waals surface area contributed by atoms with Crippen molar-refractivity contribution in [2.45, 2.75) is 39.1 Å². The van der Waals surface area contributed by atoms with Crippen molar-refractivity contribution in [1.82, 2.24) is 0 Å². The van der Waals surface area contributed by atoms with E-state index in [1.165, 1.54) is 0 Å². The molecule has 0 saturated carbocycles. The molecule has 0 spiro atoms. The molecule has 1 aliphatic heterocycles. The van der Waals surface area contributed by atoms with Crippen LogP contribution in [0.15, 0.2) is 0 Å². The predicted molar refractivity (Wildman–Crippen MR) is 45.8 cm³/mol. The summed E-state index contributed by atoms with van der Waals surface area (Å²) in [5, 5.41) is 9.42. The average molecular weight is 174 g/mol. The summed E-state index contributed by atoms with van der Waals surface area (Å²) < 4.78 is 10.6. The molecule has 3 nitrogen and oxygen atoms in total. The van der Waals surface area contributed by atoms with Crippen LogP contribution in [0.2, 0.25) is 0 Å². The lowest BCUT2D eigenvalue weighted by Crippen LogP contribution is -2.30. The summed E-state index contributed by atoms with van der Waals surface area (Å²) in [7, 11) is 0. The third-order valence-corrected chi connectivity index (χ3v) is 2.07. The Balaban J connectivity index is 2.20. The summed E-state index contributed by atoms with van der Waals surface area (Å²) in [5.41, 5.74) is 0. The fourth-order valence-corrected chi connectivity index (χ4v) is 1.17. The van der Waals surface area contributed by atoms with Crippen molar-refractivity contribution in [1.29, 1.82) is 0 Å². The molecule has 3 heteroatoms. The van der Waals surface area contributed by atoms with Crippen LogP contribution < -0.4 is 0 Å². The maximum atomic E-state index is 9.42. The molecule has 0 amide bonds. The fourth-order valence-electron chi connectivity index (χ4n) is 1.17. The maximum Gasteiger partial charge on any atom is 0.157 e. The molecule has 0 radical (unpaired) electrons. The van der Waals surface area contributed by atoms with E-state index < -0.39 is 6.29 Å². The van der Waals surface area contributed by atoms with Crippen LogP contribution in [0.5, 0.6) is 0 Å². The minimum absolute atomic E-state index is 0.174. The van der Waals surface area contributed by atoms with Gasteiger partial charge in [0.05, 0.1) is 6.10 Å². The first-order valence-electron chi connectivity index (χ1n) is 4.61. The highest BCUT2D eigenvalue weighted by Gasteiger charge is 2.19. The van der Waals surface area contributed by atoms with E-state index in [-0.39, 0.29) is 12.0 Å². The summed E-state index contributed by atoms with van der Waals surface area (Å²) in [5.74, 6) is 0.174. The van der Waals surface area contributed by atoms with E-state index in [0.717, 1.165) is 26.1 Å². The van der Waals surface area contributed by atoms with Gasteiger partial charge in [0, 0.05) is 19.1 Å². The number of aliphatic hydroxyl groups is 1. The van der Waals surface area contributed by atoms with Crippen LogP contribution in [0, 0.1) is 5.92 Å². The SMILES string of the molecule is CC(C)C(O)OC1CCOCC1. The molecule has 0 aromatic carbocycles. The molecule has 1 aliphatic rings. The smallest absolute Gasteiger partial charge is 0.157 e. The normalized spacial score (nSPS) is 23.0. The Kier molecular flexibility index (Phi) is 3.98. The zero-order chi connectivity index (χ0) is 8.97. The van der Waals surface area contributed by atoms with Crippen molar-refractivity contribution in [2.24, 2.45) is 5.92 Å². The Bertz CT molecular complexity index is 119. The summed E-state index contributed by atoms with van der Waals surface area (Å²) in [6, 6.07) is 0. The Labute approximate surface area is 73.7 Å².